The van der Waals surface area contributed by atoms with Crippen molar-refractivity contribution in [3.8, 4) is 6.07 Å². The van der Waals surface area contributed by atoms with Gasteiger partial charge in [-0.25, -0.2) is 9.78 Å². The van der Waals surface area contributed by atoms with Gasteiger partial charge < -0.3 is 0 Å². The number of H-pyrrole nitrogens is 1. The molecule has 92 valence electrons. The number of hydrogen-bond donors (Lipinski definition) is 1. The summed E-state index contributed by atoms with van der Waals surface area (Å²) in [6, 6.07) is 1.75. The van der Waals surface area contributed by atoms with Crippen molar-refractivity contribution in [3.63, 3.8) is 0 Å². The number of thiazole rings is 1. The van der Waals surface area contributed by atoms with Gasteiger partial charge in [0.1, 0.15) is 11.6 Å². The molecule has 0 radical (unpaired) electrons. The van der Waals surface area contributed by atoms with Crippen LogP contribution >= 0.6 is 11.3 Å². The minimum atomic E-state index is -0.649. The maximum Gasteiger partial charge on any atom is 0.328 e. The summed E-state index contributed by atoms with van der Waals surface area (Å²) in [5.41, 5.74) is -0.275. The lowest BCUT2D eigenvalue weighted by Crippen LogP contribution is -2.31. The second kappa shape index (κ2) is 4.98. The van der Waals surface area contributed by atoms with E-state index < -0.39 is 11.2 Å². The number of aromatic nitrogens is 3. The topological polar surface area (TPSA) is 91.5 Å². The number of nitriles is 1. The average molecular weight is 262 g/mol. The van der Waals surface area contributed by atoms with Crippen LogP contribution in [0, 0.1) is 18.3 Å². The summed E-state index contributed by atoms with van der Waals surface area (Å²) in [7, 11) is 0. The molecule has 18 heavy (non-hydrogen) atoms. The van der Waals surface area contributed by atoms with Gasteiger partial charge in [-0.05, 0) is 6.92 Å². The molecule has 6 nitrogen and oxygen atoms in total. The van der Waals surface area contributed by atoms with Gasteiger partial charge in [0.25, 0.3) is 5.56 Å². The zero-order chi connectivity index (χ0) is 13.1. The predicted octanol–water partition coefficient (Wildman–Crippen LogP) is 0.416. The van der Waals surface area contributed by atoms with E-state index >= 15 is 0 Å². The largest absolute Gasteiger partial charge is 0.328 e. The highest BCUT2D eigenvalue weighted by atomic mass is 32.1. The molecule has 0 bridgehead atoms. The monoisotopic (exact) mass is 262 g/mol. The Morgan fingerprint density at radius 2 is 2.33 bits per heavy atom. The molecule has 2 heterocycles. The molecule has 0 aliphatic rings. The maximum absolute atomic E-state index is 11.5. The first kappa shape index (κ1) is 12.3. The molecule has 1 N–H and O–H groups in total. The smallest absolute Gasteiger partial charge is 0.299 e. The molecular weight excluding hydrogens is 252 g/mol. The number of rotatable bonds is 3. The van der Waals surface area contributed by atoms with Crippen LogP contribution in [0.1, 0.15) is 16.3 Å². The van der Waals surface area contributed by atoms with E-state index in [4.69, 9.17) is 5.26 Å². The molecule has 0 fully saturated rings. The van der Waals surface area contributed by atoms with Crippen LogP contribution < -0.4 is 11.2 Å². The van der Waals surface area contributed by atoms with Gasteiger partial charge in [0.2, 0.25) is 0 Å². The molecule has 2 aromatic heterocycles. The first-order valence-electron chi connectivity index (χ1n) is 5.25. The first-order valence-corrected chi connectivity index (χ1v) is 6.13. The van der Waals surface area contributed by atoms with Crippen LogP contribution in [0.2, 0.25) is 0 Å². The Kier molecular flexibility index (Phi) is 3.39. The van der Waals surface area contributed by atoms with E-state index in [1.807, 2.05) is 12.3 Å². The molecule has 0 unspecified atom stereocenters. The van der Waals surface area contributed by atoms with Crippen molar-refractivity contribution in [3.05, 3.63) is 48.7 Å². The Hall–Kier alpha value is -2.20. The van der Waals surface area contributed by atoms with Crippen molar-refractivity contribution >= 4 is 11.3 Å². The molecule has 2 rings (SSSR count). The second-order valence-corrected chi connectivity index (χ2v) is 4.68. The number of aryl methyl sites for hydroxylation is 3. The summed E-state index contributed by atoms with van der Waals surface area (Å²) in [6.07, 6.45) is 1.87. The molecule has 0 aliphatic carbocycles. The highest BCUT2D eigenvalue weighted by Gasteiger charge is 2.05. The van der Waals surface area contributed by atoms with Crippen molar-refractivity contribution in [2.45, 2.75) is 19.9 Å². The van der Waals surface area contributed by atoms with Crippen LogP contribution in [0.15, 0.2) is 21.2 Å². The van der Waals surface area contributed by atoms with Crippen molar-refractivity contribution in [2.24, 2.45) is 0 Å². The van der Waals surface area contributed by atoms with E-state index in [-0.39, 0.29) is 5.56 Å². The third-order valence-electron chi connectivity index (χ3n) is 2.36. The highest BCUT2D eigenvalue weighted by Crippen LogP contribution is 2.09. The van der Waals surface area contributed by atoms with E-state index in [1.54, 1.807) is 6.07 Å². The van der Waals surface area contributed by atoms with Crippen molar-refractivity contribution in [1.82, 2.24) is 14.5 Å². The standard InChI is InChI=1S/C11H10N4O2S/c1-7-6-18-9(13-7)2-3-15-5-8(4-12)10(16)14-11(15)17/h5-6H,2-3H2,1H3,(H,14,16,17). The average Bonchev–Trinajstić information content (AvgIpc) is 2.74. The van der Waals surface area contributed by atoms with Crippen LogP contribution in [0.4, 0.5) is 0 Å². The molecule has 0 saturated heterocycles. The minimum absolute atomic E-state index is 0.0649. The van der Waals surface area contributed by atoms with E-state index in [1.165, 1.54) is 22.1 Å². The van der Waals surface area contributed by atoms with Crippen LogP contribution in [0.5, 0.6) is 0 Å². The van der Waals surface area contributed by atoms with Gasteiger partial charge in [0, 0.05) is 30.2 Å². The van der Waals surface area contributed by atoms with Gasteiger partial charge in [-0.3, -0.25) is 14.3 Å². The molecule has 0 aromatic carbocycles. The minimum Gasteiger partial charge on any atom is -0.299 e. The molecule has 0 amide bonds. The van der Waals surface area contributed by atoms with Crippen LogP contribution in [0.3, 0.4) is 0 Å². The number of nitrogens with zero attached hydrogens (tertiary/aromatic N) is 3. The predicted molar refractivity (Wildman–Crippen MR) is 66.6 cm³/mol. The zero-order valence-corrected chi connectivity index (χ0v) is 10.5. The SMILES string of the molecule is Cc1csc(CCn2cc(C#N)c(=O)[nH]c2=O)n1. The third-order valence-corrected chi connectivity index (χ3v) is 3.39. The van der Waals surface area contributed by atoms with Crippen molar-refractivity contribution in [2.75, 3.05) is 0 Å². The van der Waals surface area contributed by atoms with E-state index in [9.17, 15) is 9.59 Å². The molecule has 0 aliphatic heterocycles. The van der Waals surface area contributed by atoms with E-state index in [0.29, 0.717) is 13.0 Å². The fourth-order valence-corrected chi connectivity index (χ4v) is 2.25. The second-order valence-electron chi connectivity index (χ2n) is 3.74. The van der Waals surface area contributed by atoms with Gasteiger partial charge in [-0.1, -0.05) is 0 Å². The first-order chi connectivity index (χ1) is 8.60. The number of nitrogens with one attached hydrogen (secondary N) is 1. The Balaban J connectivity index is 2.22. The molecule has 2 aromatic rings. The molecule has 0 saturated carbocycles. The molecule has 0 atom stereocenters. The van der Waals surface area contributed by atoms with E-state index in [0.717, 1.165) is 10.7 Å². The summed E-state index contributed by atoms with van der Waals surface area (Å²) in [4.78, 5) is 29.1. The number of aromatic amines is 1. The van der Waals surface area contributed by atoms with Crippen molar-refractivity contribution < 1.29 is 0 Å². The third kappa shape index (κ3) is 2.55. The molecular formula is C11H10N4O2S. The Bertz CT molecular complexity index is 720. The Morgan fingerprint density at radius 1 is 1.56 bits per heavy atom. The quantitative estimate of drug-likeness (QED) is 0.867. The summed E-state index contributed by atoms with van der Waals surface area (Å²) < 4.78 is 1.32. The van der Waals surface area contributed by atoms with Gasteiger partial charge in [-0.15, -0.1) is 11.3 Å². The van der Waals surface area contributed by atoms with E-state index in [2.05, 4.69) is 9.97 Å². The van der Waals surface area contributed by atoms with Gasteiger partial charge in [0.15, 0.2) is 0 Å². The normalized spacial score (nSPS) is 10.2. The fraction of sp³-hybridized carbons (Fsp3) is 0.273. The Morgan fingerprint density at radius 3 is 2.94 bits per heavy atom. The highest BCUT2D eigenvalue weighted by molar-refractivity contribution is 7.09. The van der Waals surface area contributed by atoms with Gasteiger partial charge in [-0.2, -0.15) is 5.26 Å². The van der Waals surface area contributed by atoms with Crippen molar-refractivity contribution in [1.29, 1.82) is 5.26 Å². The van der Waals surface area contributed by atoms with Crippen LogP contribution in [-0.4, -0.2) is 14.5 Å². The summed E-state index contributed by atoms with van der Waals surface area (Å²) in [5.74, 6) is 0. The zero-order valence-electron chi connectivity index (χ0n) is 9.64. The van der Waals surface area contributed by atoms with Crippen LogP contribution in [-0.2, 0) is 13.0 Å². The van der Waals surface area contributed by atoms with Gasteiger partial charge in [0.05, 0.1) is 5.01 Å². The summed E-state index contributed by atoms with van der Waals surface area (Å²) >= 11 is 1.52. The molecule has 0 spiro atoms. The number of hydrogen-bond acceptors (Lipinski definition) is 5. The lowest BCUT2D eigenvalue weighted by Gasteiger charge is -2.03. The fourth-order valence-electron chi connectivity index (χ4n) is 1.49. The van der Waals surface area contributed by atoms with Crippen LogP contribution in [0.25, 0.3) is 0 Å². The van der Waals surface area contributed by atoms with Gasteiger partial charge >= 0.3 is 5.69 Å². The molecule has 7 heteroatoms. The lowest BCUT2D eigenvalue weighted by molar-refractivity contribution is 0.641. The summed E-state index contributed by atoms with van der Waals surface area (Å²) in [6.45, 7) is 2.29. The maximum atomic E-state index is 11.5. The lowest BCUT2D eigenvalue weighted by atomic mass is 10.3. The summed E-state index contributed by atoms with van der Waals surface area (Å²) in [5, 5.41) is 11.6. The Labute approximate surface area is 106 Å².